The summed E-state index contributed by atoms with van der Waals surface area (Å²) in [5.74, 6) is 0.00473. The zero-order chi connectivity index (χ0) is 31.4. The Balaban J connectivity index is 1.27. The fraction of sp³-hybridized carbons (Fsp3) is 0.286. The number of ether oxygens (including phenoxy) is 2. The van der Waals surface area contributed by atoms with Crippen molar-refractivity contribution in [3.05, 3.63) is 125 Å². The number of hydrogen-bond acceptors (Lipinski definition) is 7. The van der Waals surface area contributed by atoms with Gasteiger partial charge in [-0.05, 0) is 72.0 Å². The largest absolute Gasteiger partial charge is 0.453 e. The number of para-hydroxylation sites is 1. The molecule has 0 bridgehead atoms. The molecule has 45 heavy (non-hydrogen) atoms. The first-order chi connectivity index (χ1) is 22.0. The van der Waals surface area contributed by atoms with Gasteiger partial charge in [0.05, 0.1) is 19.3 Å². The normalized spacial score (nSPS) is 17.6. The molecule has 3 N–H and O–H groups in total. The van der Waals surface area contributed by atoms with Crippen molar-refractivity contribution in [2.45, 2.75) is 41.9 Å². The number of carbonyl (C=O) groups excluding carboxylic acids is 2. The highest BCUT2D eigenvalue weighted by atomic mass is 35.5. The number of thioether (sulfide) groups is 1. The molecule has 3 aromatic carbocycles. The number of morpholine rings is 1. The van der Waals surface area contributed by atoms with Crippen LogP contribution in [0.25, 0.3) is 0 Å². The molecule has 1 fully saturated rings. The van der Waals surface area contributed by atoms with Gasteiger partial charge in [-0.3, -0.25) is 9.78 Å². The van der Waals surface area contributed by atoms with Crippen LogP contribution >= 0.6 is 23.4 Å². The molecule has 0 unspecified atom stereocenters. The summed E-state index contributed by atoms with van der Waals surface area (Å²) in [7, 11) is 1.28. The molecule has 0 aliphatic carbocycles. The second-order valence-electron chi connectivity index (χ2n) is 10.8. The molecule has 2 heterocycles. The topological polar surface area (TPSA) is 102 Å². The van der Waals surface area contributed by atoms with Crippen molar-refractivity contribution in [1.82, 2.24) is 15.6 Å². The average Bonchev–Trinajstić information content (AvgIpc) is 3.08. The van der Waals surface area contributed by atoms with Gasteiger partial charge in [-0.1, -0.05) is 60.1 Å². The third kappa shape index (κ3) is 9.31. The van der Waals surface area contributed by atoms with E-state index in [1.54, 1.807) is 24.2 Å². The Labute approximate surface area is 273 Å². The maximum atomic E-state index is 14.0. The van der Waals surface area contributed by atoms with Crippen LogP contribution in [0, 0.1) is 0 Å². The number of methoxy groups -OCH3 is 1. The molecule has 1 aliphatic rings. The fourth-order valence-corrected chi connectivity index (χ4v) is 6.47. The Morgan fingerprint density at radius 1 is 0.956 bits per heavy atom. The number of nitrogens with one attached hydrogen (secondary N) is 3. The number of hydrogen-bond donors (Lipinski definition) is 3. The van der Waals surface area contributed by atoms with Crippen molar-refractivity contribution < 1.29 is 19.1 Å². The number of nitrogens with zero attached hydrogens (tertiary/aromatic N) is 1. The molecule has 1 saturated heterocycles. The van der Waals surface area contributed by atoms with Crippen LogP contribution < -0.4 is 16.0 Å². The quantitative estimate of drug-likeness (QED) is 0.155. The number of benzene rings is 3. The van der Waals surface area contributed by atoms with E-state index in [1.165, 1.54) is 7.11 Å². The summed E-state index contributed by atoms with van der Waals surface area (Å²) in [5.41, 5.74) is 3.40. The molecule has 0 radical (unpaired) electrons. The maximum Gasteiger partial charge on any atom is 0.407 e. The summed E-state index contributed by atoms with van der Waals surface area (Å²) in [6.07, 6.45) is 4.29. The minimum Gasteiger partial charge on any atom is -0.453 e. The lowest BCUT2D eigenvalue weighted by molar-refractivity contribution is -0.118. The van der Waals surface area contributed by atoms with Crippen LogP contribution in [-0.4, -0.2) is 61.2 Å². The van der Waals surface area contributed by atoms with Gasteiger partial charge in [0.2, 0.25) is 5.91 Å². The summed E-state index contributed by atoms with van der Waals surface area (Å²) in [4.78, 5) is 31.8. The predicted octanol–water partition coefficient (Wildman–Crippen LogP) is 6.31. The van der Waals surface area contributed by atoms with Crippen LogP contribution in [0.5, 0.6) is 0 Å². The SMILES string of the molecule is COC(=O)N[C@@H](C(=O)Nc1ccccc1CC[C@@H]1CNC[C@@H](CSc2ccc(Cl)cc2)O1)[C@@H](c1ccccc1)c1ccncc1. The standard InChI is InChI=1S/C35H37ClN4O4S/c1-43-35(42)40-33(32(25-8-3-2-4-9-25)26-17-19-37-20-18-26)34(41)39-31-10-6-5-7-24(31)11-14-28-21-38-22-29(44-28)23-45-30-15-12-27(36)13-16-30/h2-10,12-13,15-20,28-29,32-33,38H,11,14,21-23H2,1H3,(H,39,41)(H,40,42)/t28-,29+,32+,33-/m1/s1. The number of alkyl carbamates (subject to hydrolysis) is 1. The zero-order valence-corrected chi connectivity index (χ0v) is 26.6. The molecular formula is C35H37ClN4O4S. The summed E-state index contributed by atoms with van der Waals surface area (Å²) in [6, 6.07) is 28.0. The van der Waals surface area contributed by atoms with Gasteiger partial charge in [-0.25, -0.2) is 4.79 Å². The van der Waals surface area contributed by atoms with Gasteiger partial charge in [0.25, 0.3) is 0 Å². The Morgan fingerprint density at radius 3 is 2.40 bits per heavy atom. The van der Waals surface area contributed by atoms with Gasteiger partial charge in [0.15, 0.2) is 0 Å². The Morgan fingerprint density at radius 2 is 1.64 bits per heavy atom. The van der Waals surface area contributed by atoms with E-state index in [0.717, 1.165) is 51.9 Å². The third-order valence-electron chi connectivity index (χ3n) is 7.69. The molecule has 2 amide bonds. The number of pyridine rings is 1. The lowest BCUT2D eigenvalue weighted by Gasteiger charge is -2.31. The number of aromatic nitrogens is 1. The first kappa shape index (κ1) is 32.5. The molecule has 8 nitrogen and oxygen atoms in total. The van der Waals surface area contributed by atoms with Gasteiger partial charge in [0.1, 0.15) is 6.04 Å². The van der Waals surface area contributed by atoms with Gasteiger partial charge in [-0.2, -0.15) is 0 Å². The highest BCUT2D eigenvalue weighted by molar-refractivity contribution is 7.99. The molecular weight excluding hydrogens is 608 g/mol. The number of carbonyl (C=O) groups is 2. The van der Waals surface area contributed by atoms with E-state index in [-0.39, 0.29) is 18.1 Å². The predicted molar refractivity (Wildman–Crippen MR) is 179 cm³/mol. The number of rotatable bonds is 12. The van der Waals surface area contributed by atoms with Crippen molar-refractivity contribution in [2.24, 2.45) is 0 Å². The van der Waals surface area contributed by atoms with E-state index < -0.39 is 18.1 Å². The van der Waals surface area contributed by atoms with Crippen molar-refractivity contribution in [3.63, 3.8) is 0 Å². The summed E-state index contributed by atoms with van der Waals surface area (Å²) < 4.78 is 11.4. The first-order valence-electron chi connectivity index (χ1n) is 14.9. The van der Waals surface area contributed by atoms with Crippen LogP contribution in [0.15, 0.2) is 108 Å². The van der Waals surface area contributed by atoms with Gasteiger partial charge >= 0.3 is 6.09 Å². The lowest BCUT2D eigenvalue weighted by atomic mass is 9.85. The molecule has 0 saturated carbocycles. The molecule has 10 heteroatoms. The number of anilines is 1. The minimum atomic E-state index is -0.958. The van der Waals surface area contributed by atoms with Crippen molar-refractivity contribution in [1.29, 1.82) is 0 Å². The third-order valence-corrected chi connectivity index (χ3v) is 9.08. The van der Waals surface area contributed by atoms with Crippen molar-refractivity contribution in [2.75, 3.05) is 31.3 Å². The van der Waals surface area contributed by atoms with E-state index in [0.29, 0.717) is 12.1 Å². The molecule has 234 valence electrons. The minimum absolute atomic E-state index is 0.0428. The Hall–Kier alpha value is -3.89. The Bertz CT molecular complexity index is 1490. The van der Waals surface area contributed by atoms with Crippen LogP contribution in [0.4, 0.5) is 10.5 Å². The van der Waals surface area contributed by atoms with Gasteiger partial charge in [0, 0.05) is 52.8 Å². The summed E-state index contributed by atoms with van der Waals surface area (Å²) >= 11 is 7.77. The van der Waals surface area contributed by atoms with Crippen LogP contribution in [-0.2, 0) is 20.7 Å². The highest BCUT2D eigenvalue weighted by Crippen LogP contribution is 2.30. The van der Waals surface area contributed by atoms with Gasteiger partial charge in [-0.15, -0.1) is 11.8 Å². The first-order valence-corrected chi connectivity index (χ1v) is 16.3. The van der Waals surface area contributed by atoms with E-state index in [9.17, 15) is 9.59 Å². The smallest absolute Gasteiger partial charge is 0.407 e. The van der Waals surface area contributed by atoms with Crippen molar-refractivity contribution in [3.8, 4) is 0 Å². The number of amides is 2. The molecule has 4 atom stereocenters. The highest BCUT2D eigenvalue weighted by Gasteiger charge is 2.33. The van der Waals surface area contributed by atoms with E-state index in [1.807, 2.05) is 91.0 Å². The molecule has 4 aromatic rings. The van der Waals surface area contributed by atoms with Crippen molar-refractivity contribution >= 4 is 41.1 Å². The number of halogens is 1. The maximum absolute atomic E-state index is 14.0. The summed E-state index contributed by atoms with van der Waals surface area (Å²) in [6.45, 7) is 1.57. The monoisotopic (exact) mass is 644 g/mol. The van der Waals surface area contributed by atoms with Gasteiger partial charge < -0.3 is 25.4 Å². The lowest BCUT2D eigenvalue weighted by Crippen LogP contribution is -2.48. The zero-order valence-electron chi connectivity index (χ0n) is 25.0. The average molecular weight is 645 g/mol. The molecule has 5 rings (SSSR count). The van der Waals surface area contributed by atoms with Crippen LogP contribution in [0.1, 0.15) is 29.0 Å². The van der Waals surface area contributed by atoms with E-state index >= 15 is 0 Å². The Kier molecular flexibility index (Phi) is 11.9. The van der Waals surface area contributed by atoms with Crippen LogP contribution in [0.3, 0.4) is 0 Å². The molecule has 0 spiro atoms. The second-order valence-corrected chi connectivity index (χ2v) is 12.3. The molecule has 1 aliphatic heterocycles. The second kappa shape index (κ2) is 16.4. The number of aryl methyl sites for hydroxylation is 1. The fourth-order valence-electron chi connectivity index (χ4n) is 5.44. The van der Waals surface area contributed by atoms with E-state index in [2.05, 4.69) is 20.9 Å². The summed E-state index contributed by atoms with van der Waals surface area (Å²) in [5, 5.41) is 10.1. The van der Waals surface area contributed by atoms with E-state index in [4.69, 9.17) is 21.1 Å². The molecule has 1 aromatic heterocycles. The van der Waals surface area contributed by atoms with Crippen LogP contribution in [0.2, 0.25) is 5.02 Å².